The molecule has 3 rings (SSSR count). The van der Waals surface area contributed by atoms with Crippen LogP contribution in [0.5, 0.6) is 5.75 Å². The average Bonchev–Trinajstić information content (AvgIpc) is 2.61. The molecule has 94 valence electrons. The Morgan fingerprint density at radius 2 is 2.17 bits per heavy atom. The summed E-state index contributed by atoms with van der Waals surface area (Å²) in [6, 6.07) is 2.95. The van der Waals surface area contributed by atoms with Gasteiger partial charge in [0, 0.05) is 30.9 Å². The number of nitrogens with one attached hydrogen (secondary N) is 2. The molecule has 1 aromatic rings. The van der Waals surface area contributed by atoms with Gasteiger partial charge in [0.05, 0.1) is 11.3 Å². The highest BCUT2D eigenvalue weighted by Crippen LogP contribution is 2.36. The summed E-state index contributed by atoms with van der Waals surface area (Å²) in [5.41, 5.74) is 1.16. The molecule has 0 aromatic heterocycles. The summed E-state index contributed by atoms with van der Waals surface area (Å²) in [6.45, 7) is 1.36. The Balaban J connectivity index is 1.97. The van der Waals surface area contributed by atoms with Gasteiger partial charge in [-0.3, -0.25) is 14.9 Å². The minimum absolute atomic E-state index is 0.0427. The lowest BCUT2D eigenvalue weighted by Crippen LogP contribution is -2.50. The van der Waals surface area contributed by atoms with Crippen molar-refractivity contribution in [2.24, 2.45) is 0 Å². The van der Waals surface area contributed by atoms with E-state index in [9.17, 15) is 14.9 Å². The third-order valence-electron chi connectivity index (χ3n) is 3.04. The second-order valence-electron chi connectivity index (χ2n) is 4.36. The molecule has 2 aliphatic rings. The maximum Gasteiger partial charge on any atom is 0.311 e. The normalized spacial score (nSPS) is 17.9. The highest BCUT2D eigenvalue weighted by Gasteiger charge is 2.28. The number of carbonyl (C=O) groups is 1. The van der Waals surface area contributed by atoms with Crippen LogP contribution < -0.4 is 15.4 Å². The number of hydrogen-bond donors (Lipinski definition) is 2. The number of rotatable bonds is 3. The molecule has 0 bridgehead atoms. The van der Waals surface area contributed by atoms with Crippen LogP contribution in [0, 0.1) is 10.1 Å². The number of carbonyl (C=O) groups excluding carboxylic acids is 1. The maximum absolute atomic E-state index is 11.3. The monoisotopic (exact) mass is 249 g/mol. The third kappa shape index (κ3) is 1.78. The summed E-state index contributed by atoms with van der Waals surface area (Å²) in [7, 11) is 0. The van der Waals surface area contributed by atoms with Crippen molar-refractivity contribution in [3.63, 3.8) is 0 Å². The Morgan fingerprint density at radius 1 is 1.39 bits per heavy atom. The van der Waals surface area contributed by atoms with E-state index in [1.54, 1.807) is 0 Å². The highest BCUT2D eigenvalue weighted by molar-refractivity contribution is 5.99. The number of benzene rings is 1. The molecule has 0 unspecified atom stereocenters. The standard InChI is InChI=1S/C11H11N3O4/c15-11-2-6-1-9(14(16)17)10(3-8(6)13-11)18-7-4-12-5-7/h1,3,7,12H,2,4-5H2,(H,13,15). The van der Waals surface area contributed by atoms with Gasteiger partial charge in [-0.05, 0) is 5.56 Å². The number of nitro benzene ring substituents is 1. The number of hydrogen-bond acceptors (Lipinski definition) is 5. The number of anilines is 1. The molecule has 18 heavy (non-hydrogen) atoms. The van der Waals surface area contributed by atoms with Crippen LogP contribution >= 0.6 is 0 Å². The van der Waals surface area contributed by atoms with Crippen molar-refractivity contribution in [1.29, 1.82) is 0 Å². The van der Waals surface area contributed by atoms with Gasteiger partial charge in [0.15, 0.2) is 5.75 Å². The van der Waals surface area contributed by atoms with Crippen LogP contribution in [0.25, 0.3) is 0 Å². The first-order valence-corrected chi connectivity index (χ1v) is 5.62. The maximum atomic E-state index is 11.3. The van der Waals surface area contributed by atoms with Crippen LogP contribution in [0.4, 0.5) is 11.4 Å². The van der Waals surface area contributed by atoms with E-state index in [1.807, 2.05) is 0 Å². The van der Waals surface area contributed by atoms with E-state index in [0.29, 0.717) is 24.3 Å². The molecule has 0 radical (unpaired) electrons. The van der Waals surface area contributed by atoms with Crippen LogP contribution in [-0.4, -0.2) is 30.0 Å². The summed E-state index contributed by atoms with van der Waals surface area (Å²) >= 11 is 0. The molecule has 2 N–H and O–H groups in total. The fourth-order valence-corrected chi connectivity index (χ4v) is 2.00. The van der Waals surface area contributed by atoms with Crippen molar-refractivity contribution in [3.8, 4) is 5.75 Å². The van der Waals surface area contributed by atoms with Crippen LogP contribution in [0.3, 0.4) is 0 Å². The smallest absolute Gasteiger partial charge is 0.311 e. The van der Waals surface area contributed by atoms with Gasteiger partial charge in [0.2, 0.25) is 5.91 Å². The zero-order valence-corrected chi connectivity index (χ0v) is 9.43. The molecule has 1 aromatic carbocycles. The molecule has 7 heteroatoms. The topological polar surface area (TPSA) is 93.5 Å². The molecule has 0 saturated carbocycles. The molecule has 0 atom stereocenters. The second-order valence-corrected chi connectivity index (χ2v) is 4.36. The van der Waals surface area contributed by atoms with Crippen molar-refractivity contribution < 1.29 is 14.5 Å². The SMILES string of the molecule is O=C1Cc2cc([N+](=O)[O-])c(OC3CNC3)cc2N1. The fraction of sp³-hybridized carbons (Fsp3) is 0.364. The lowest BCUT2D eigenvalue weighted by molar-refractivity contribution is -0.386. The van der Waals surface area contributed by atoms with Gasteiger partial charge in [0.1, 0.15) is 6.10 Å². The number of ether oxygens (including phenoxy) is 1. The minimum Gasteiger partial charge on any atom is -0.481 e. The lowest BCUT2D eigenvalue weighted by Gasteiger charge is -2.27. The van der Waals surface area contributed by atoms with Crippen LogP contribution in [0.15, 0.2) is 12.1 Å². The van der Waals surface area contributed by atoms with E-state index < -0.39 is 4.92 Å². The number of nitrogens with zero attached hydrogens (tertiary/aromatic N) is 1. The summed E-state index contributed by atoms with van der Waals surface area (Å²) in [5, 5.41) is 16.7. The lowest BCUT2D eigenvalue weighted by atomic mass is 10.1. The molecule has 1 saturated heterocycles. The minimum atomic E-state index is -0.482. The van der Waals surface area contributed by atoms with Crippen molar-refractivity contribution in [3.05, 3.63) is 27.8 Å². The van der Waals surface area contributed by atoms with Crippen molar-refractivity contribution in [1.82, 2.24) is 5.32 Å². The molecule has 1 fully saturated rings. The molecule has 7 nitrogen and oxygen atoms in total. The number of nitro groups is 1. The van der Waals surface area contributed by atoms with Crippen LogP contribution in [-0.2, 0) is 11.2 Å². The summed E-state index contributed by atoms with van der Waals surface area (Å²) in [5.74, 6) is 0.0641. The van der Waals surface area contributed by atoms with Gasteiger partial charge in [-0.15, -0.1) is 0 Å². The van der Waals surface area contributed by atoms with E-state index >= 15 is 0 Å². The summed E-state index contributed by atoms with van der Waals surface area (Å²) < 4.78 is 5.55. The fourth-order valence-electron chi connectivity index (χ4n) is 2.00. The number of fused-ring (bicyclic) bond motifs is 1. The molecule has 2 heterocycles. The predicted octanol–water partition coefficient (Wildman–Crippen LogP) is 0.440. The Hall–Kier alpha value is -2.15. The molecule has 0 spiro atoms. The first-order valence-electron chi connectivity index (χ1n) is 5.62. The first kappa shape index (κ1) is 11.0. The molecule has 2 aliphatic heterocycles. The first-order chi connectivity index (χ1) is 8.63. The van der Waals surface area contributed by atoms with Gasteiger partial charge in [-0.1, -0.05) is 0 Å². The summed E-state index contributed by atoms with van der Waals surface area (Å²) in [4.78, 5) is 21.8. The van der Waals surface area contributed by atoms with E-state index in [4.69, 9.17) is 4.74 Å². The van der Waals surface area contributed by atoms with Gasteiger partial charge in [-0.25, -0.2) is 0 Å². The zero-order chi connectivity index (χ0) is 12.7. The van der Waals surface area contributed by atoms with Crippen molar-refractivity contribution >= 4 is 17.3 Å². The van der Waals surface area contributed by atoms with Crippen LogP contribution in [0.1, 0.15) is 5.56 Å². The Labute approximate surface area is 102 Å². The average molecular weight is 249 g/mol. The van der Waals surface area contributed by atoms with Crippen molar-refractivity contribution in [2.75, 3.05) is 18.4 Å². The Morgan fingerprint density at radius 3 is 2.78 bits per heavy atom. The Kier molecular flexibility index (Phi) is 2.41. The number of amides is 1. The van der Waals surface area contributed by atoms with Crippen LogP contribution in [0.2, 0.25) is 0 Å². The van der Waals surface area contributed by atoms with E-state index in [0.717, 1.165) is 0 Å². The molecular weight excluding hydrogens is 238 g/mol. The molecule has 1 amide bonds. The quantitative estimate of drug-likeness (QED) is 0.599. The summed E-state index contributed by atoms with van der Waals surface area (Å²) in [6.07, 6.45) is 0.139. The van der Waals surface area contributed by atoms with E-state index in [1.165, 1.54) is 12.1 Å². The highest BCUT2D eigenvalue weighted by atomic mass is 16.6. The van der Waals surface area contributed by atoms with Gasteiger partial charge in [0.25, 0.3) is 0 Å². The predicted molar refractivity (Wildman–Crippen MR) is 62.7 cm³/mol. The Bertz CT molecular complexity index is 539. The molecular formula is C11H11N3O4. The van der Waals surface area contributed by atoms with E-state index in [2.05, 4.69) is 10.6 Å². The third-order valence-corrected chi connectivity index (χ3v) is 3.04. The van der Waals surface area contributed by atoms with Gasteiger partial charge < -0.3 is 15.4 Å². The molecule has 0 aliphatic carbocycles. The van der Waals surface area contributed by atoms with E-state index in [-0.39, 0.29) is 29.9 Å². The second kappa shape index (κ2) is 3.95. The van der Waals surface area contributed by atoms with Gasteiger partial charge in [-0.2, -0.15) is 0 Å². The largest absolute Gasteiger partial charge is 0.481 e. The van der Waals surface area contributed by atoms with Gasteiger partial charge >= 0.3 is 5.69 Å². The zero-order valence-electron chi connectivity index (χ0n) is 9.43. The van der Waals surface area contributed by atoms with Crippen molar-refractivity contribution in [2.45, 2.75) is 12.5 Å².